The van der Waals surface area contributed by atoms with Crippen molar-refractivity contribution in [2.45, 2.75) is 58.7 Å². The van der Waals surface area contributed by atoms with Crippen molar-refractivity contribution in [2.75, 3.05) is 18.4 Å². The van der Waals surface area contributed by atoms with Crippen molar-refractivity contribution in [1.82, 2.24) is 29.0 Å². The number of anilines is 2. The molecule has 2 aliphatic rings. The van der Waals surface area contributed by atoms with Crippen molar-refractivity contribution in [3.05, 3.63) is 59.8 Å². The first-order chi connectivity index (χ1) is 20.2. The van der Waals surface area contributed by atoms with Gasteiger partial charge in [-0.1, -0.05) is 0 Å². The minimum atomic E-state index is -4.67. The summed E-state index contributed by atoms with van der Waals surface area (Å²) in [7, 11) is 0. The van der Waals surface area contributed by atoms with Crippen molar-refractivity contribution in [3.63, 3.8) is 0 Å². The van der Waals surface area contributed by atoms with Crippen LogP contribution in [-0.4, -0.2) is 59.5 Å². The third-order valence-corrected chi connectivity index (χ3v) is 7.58. The molecule has 2 aliphatic heterocycles. The molecule has 42 heavy (non-hydrogen) atoms. The zero-order valence-corrected chi connectivity index (χ0v) is 23.3. The summed E-state index contributed by atoms with van der Waals surface area (Å²) in [6.07, 6.45) is 5.65. The van der Waals surface area contributed by atoms with E-state index in [1.165, 1.54) is 23.3 Å². The van der Waals surface area contributed by atoms with Gasteiger partial charge in [-0.2, -0.15) is 28.5 Å². The summed E-state index contributed by atoms with van der Waals surface area (Å²) < 4.78 is 45.1. The van der Waals surface area contributed by atoms with E-state index in [2.05, 4.69) is 30.6 Å². The van der Waals surface area contributed by atoms with E-state index >= 15 is 0 Å². The van der Waals surface area contributed by atoms with Crippen molar-refractivity contribution in [2.24, 2.45) is 10.2 Å². The summed E-state index contributed by atoms with van der Waals surface area (Å²) in [5.41, 5.74) is 3.17. The number of aryl methyl sites for hydroxylation is 1. The van der Waals surface area contributed by atoms with E-state index in [1.807, 2.05) is 24.8 Å². The number of nitrogens with one attached hydrogen (secondary N) is 1. The summed E-state index contributed by atoms with van der Waals surface area (Å²) in [5, 5.41) is 15.3. The van der Waals surface area contributed by atoms with Crippen LogP contribution in [0, 0.1) is 6.92 Å². The number of hydrogen-bond acceptors (Lipinski definition) is 7. The Morgan fingerprint density at radius 2 is 1.86 bits per heavy atom. The molecular weight excluding hydrogens is 547 g/mol. The maximum absolute atomic E-state index is 14.1. The molecule has 1 amide bonds. The fourth-order valence-electron chi connectivity index (χ4n) is 5.37. The molecule has 0 radical (unpaired) electrons. The molecule has 1 saturated heterocycles. The van der Waals surface area contributed by atoms with E-state index < -0.39 is 11.9 Å². The van der Waals surface area contributed by atoms with Gasteiger partial charge in [-0.25, -0.2) is 9.97 Å². The Bertz CT molecular complexity index is 1710. The first kappa shape index (κ1) is 27.6. The maximum Gasteiger partial charge on any atom is 0.435 e. The standard InChI is InChI=1S/C29H30F3N9O/c1-18-14-20(8-9-22(18)28(42)39-11-4-3-5-12-39)35-26-27-34-15-24(41(27)13-10-33-26)23-17-40(38-25(23)29(30,31)32)16-21-7-6-19(2)36-37-21/h8-10,13-15,17H,3-7,11-12,16H2,1-2H3,(H,33,35). The minimum absolute atomic E-state index is 0.0243. The Hall–Kier alpha value is -4.55. The van der Waals surface area contributed by atoms with Gasteiger partial charge in [-0.05, 0) is 69.7 Å². The van der Waals surface area contributed by atoms with Crippen molar-refractivity contribution in [3.8, 4) is 11.3 Å². The van der Waals surface area contributed by atoms with Crippen LogP contribution in [0.4, 0.5) is 24.7 Å². The number of hydrogen-bond donors (Lipinski definition) is 1. The second-order valence-corrected chi connectivity index (χ2v) is 10.7. The highest BCUT2D eigenvalue weighted by Crippen LogP contribution is 2.37. The number of carbonyl (C=O) groups is 1. The normalized spacial score (nSPS) is 16.0. The molecule has 0 aliphatic carbocycles. The molecule has 6 rings (SSSR count). The van der Waals surface area contributed by atoms with E-state index in [-0.39, 0.29) is 23.7 Å². The van der Waals surface area contributed by atoms with Gasteiger partial charge in [0, 0.05) is 48.6 Å². The third kappa shape index (κ3) is 5.50. The average molecular weight is 578 g/mol. The topological polar surface area (TPSA) is 105 Å². The molecule has 4 aromatic rings. The van der Waals surface area contributed by atoms with Crippen LogP contribution in [0.15, 0.2) is 53.2 Å². The summed E-state index contributed by atoms with van der Waals surface area (Å²) in [4.78, 5) is 23.7. The Balaban J connectivity index is 1.29. The van der Waals surface area contributed by atoms with Crippen LogP contribution in [-0.2, 0) is 12.7 Å². The highest BCUT2D eigenvalue weighted by molar-refractivity contribution is 5.96. The molecule has 13 heteroatoms. The molecule has 1 N–H and O–H groups in total. The van der Waals surface area contributed by atoms with E-state index in [0.29, 0.717) is 41.3 Å². The van der Waals surface area contributed by atoms with E-state index in [4.69, 9.17) is 0 Å². The molecule has 0 spiro atoms. The largest absolute Gasteiger partial charge is 0.435 e. The van der Waals surface area contributed by atoms with Gasteiger partial charge >= 0.3 is 6.18 Å². The Labute approximate surface area is 240 Å². The number of halogens is 3. The monoisotopic (exact) mass is 577 g/mol. The zero-order valence-electron chi connectivity index (χ0n) is 23.3. The number of aromatic nitrogens is 5. The van der Waals surface area contributed by atoms with Gasteiger partial charge < -0.3 is 10.2 Å². The Kier molecular flexibility index (Phi) is 7.25. The molecule has 5 heterocycles. The quantitative estimate of drug-likeness (QED) is 0.307. The molecule has 0 atom stereocenters. The van der Waals surface area contributed by atoms with Crippen LogP contribution in [0.1, 0.15) is 60.6 Å². The summed E-state index contributed by atoms with van der Waals surface area (Å²) in [6.45, 7) is 5.40. The molecule has 1 fully saturated rings. The second-order valence-electron chi connectivity index (χ2n) is 10.7. The van der Waals surface area contributed by atoms with E-state index in [0.717, 1.165) is 43.6 Å². The number of fused-ring (bicyclic) bond motifs is 1. The smallest absolute Gasteiger partial charge is 0.339 e. The number of imidazole rings is 1. The van der Waals surface area contributed by atoms with Crippen LogP contribution in [0.5, 0.6) is 0 Å². The lowest BCUT2D eigenvalue weighted by atomic mass is 10.0. The predicted molar refractivity (Wildman–Crippen MR) is 153 cm³/mol. The number of benzene rings is 1. The lowest BCUT2D eigenvalue weighted by Gasteiger charge is -2.27. The lowest BCUT2D eigenvalue weighted by molar-refractivity contribution is -0.141. The zero-order chi connectivity index (χ0) is 29.4. The molecule has 10 nitrogen and oxygen atoms in total. The van der Waals surface area contributed by atoms with Crippen molar-refractivity contribution in [1.29, 1.82) is 0 Å². The van der Waals surface area contributed by atoms with Crippen LogP contribution >= 0.6 is 0 Å². The first-order valence-electron chi connectivity index (χ1n) is 13.9. The molecule has 3 aromatic heterocycles. The van der Waals surface area contributed by atoms with Crippen LogP contribution in [0.2, 0.25) is 0 Å². The Morgan fingerprint density at radius 1 is 1.05 bits per heavy atom. The predicted octanol–water partition coefficient (Wildman–Crippen LogP) is 5.90. The highest BCUT2D eigenvalue weighted by Gasteiger charge is 2.38. The highest BCUT2D eigenvalue weighted by atomic mass is 19.4. The first-order valence-corrected chi connectivity index (χ1v) is 13.9. The van der Waals surface area contributed by atoms with Crippen LogP contribution in [0.3, 0.4) is 0 Å². The van der Waals surface area contributed by atoms with Gasteiger partial charge in [-0.15, -0.1) is 0 Å². The van der Waals surface area contributed by atoms with Gasteiger partial charge in [0.1, 0.15) is 0 Å². The minimum Gasteiger partial charge on any atom is -0.339 e. The van der Waals surface area contributed by atoms with Crippen molar-refractivity contribution < 1.29 is 18.0 Å². The van der Waals surface area contributed by atoms with Crippen LogP contribution < -0.4 is 5.32 Å². The number of piperidine rings is 1. The van der Waals surface area contributed by atoms with Crippen molar-refractivity contribution >= 4 is 34.5 Å². The maximum atomic E-state index is 14.1. The molecular formula is C29H30F3N9O. The second kappa shape index (κ2) is 11.0. The third-order valence-electron chi connectivity index (χ3n) is 7.58. The lowest BCUT2D eigenvalue weighted by Crippen LogP contribution is -2.35. The Morgan fingerprint density at radius 3 is 2.57 bits per heavy atom. The van der Waals surface area contributed by atoms with Gasteiger partial charge in [0.05, 0.1) is 29.7 Å². The molecule has 218 valence electrons. The van der Waals surface area contributed by atoms with Gasteiger partial charge in [0.15, 0.2) is 17.2 Å². The average Bonchev–Trinajstić information content (AvgIpc) is 3.59. The summed E-state index contributed by atoms with van der Waals surface area (Å²) >= 11 is 0. The molecule has 1 aromatic carbocycles. The SMILES string of the molecule is CC1=NN=C(Cn2cc(-c3cnc4c(Nc5ccc(C(=O)N6CCCCC6)c(C)c5)nccn34)c(C(F)(F)F)n2)CC1. The molecule has 0 bridgehead atoms. The number of carbonyl (C=O) groups excluding carboxylic acids is 1. The molecule has 0 unspecified atom stereocenters. The molecule has 0 saturated carbocycles. The van der Waals surface area contributed by atoms with E-state index in [9.17, 15) is 18.0 Å². The van der Waals surface area contributed by atoms with Crippen LogP contribution in [0.25, 0.3) is 16.9 Å². The van der Waals surface area contributed by atoms with E-state index in [1.54, 1.807) is 22.7 Å². The number of nitrogens with zero attached hydrogens (tertiary/aromatic N) is 8. The fraction of sp³-hybridized carbons (Fsp3) is 0.379. The van der Waals surface area contributed by atoms with Gasteiger partial charge in [-0.3, -0.25) is 13.9 Å². The van der Waals surface area contributed by atoms with Gasteiger partial charge in [0.2, 0.25) is 0 Å². The number of likely N-dealkylation sites (tertiary alicyclic amines) is 1. The summed E-state index contributed by atoms with van der Waals surface area (Å²) in [6, 6.07) is 5.45. The number of amides is 1. The number of alkyl halides is 3. The fourth-order valence-corrected chi connectivity index (χ4v) is 5.37. The van der Waals surface area contributed by atoms with Gasteiger partial charge in [0.25, 0.3) is 5.91 Å². The number of rotatable bonds is 6. The summed E-state index contributed by atoms with van der Waals surface area (Å²) in [5.74, 6) is 0.389.